The number of benzene rings is 12. The second-order valence-corrected chi connectivity index (χ2v) is 33.7. The molecule has 0 spiro atoms. The van der Waals surface area contributed by atoms with Crippen LogP contribution in [-0.2, 0) is 18.4 Å². The number of imidazole rings is 2. The fourth-order valence-corrected chi connectivity index (χ4v) is 19.9. The van der Waals surface area contributed by atoms with Crippen LogP contribution in [0.25, 0.3) is 110 Å². The summed E-state index contributed by atoms with van der Waals surface area (Å²) >= 11 is 3.51. The molecule has 105 heavy (non-hydrogen) atoms. The lowest BCUT2D eigenvalue weighted by atomic mass is 9.78. The summed E-state index contributed by atoms with van der Waals surface area (Å²) in [5.41, 5.74) is 11.9. The molecule has 1 fully saturated rings. The van der Waals surface area contributed by atoms with Crippen LogP contribution in [0, 0.1) is 0 Å². The number of halogens is 1. The smallest absolute Gasteiger partial charge is 0.399 e. The van der Waals surface area contributed by atoms with Gasteiger partial charge in [0.1, 0.15) is 22.3 Å². The van der Waals surface area contributed by atoms with E-state index in [1.807, 2.05) is 205 Å². The van der Waals surface area contributed by atoms with Crippen LogP contribution in [0.5, 0.6) is 0 Å². The number of fused-ring (bicyclic) bond motifs is 12. The number of hydrogen-bond acceptors (Lipinski definition) is 8. The fourth-order valence-electron chi connectivity index (χ4n) is 14.2. The Labute approximate surface area is 618 Å². The van der Waals surface area contributed by atoms with Crippen molar-refractivity contribution in [2.45, 2.75) is 46.3 Å². The number of aromatic nitrogens is 6. The summed E-state index contributed by atoms with van der Waals surface area (Å²) in [5.74, 6) is 0. The van der Waals surface area contributed by atoms with E-state index < -0.39 is 14.3 Å². The topological polar surface area (TPSA) is 113 Å². The average Bonchev–Trinajstić information content (AvgIpc) is 1.67. The molecule has 1 saturated heterocycles. The molecular formula is C91H72BBrN6O4P2. The van der Waals surface area contributed by atoms with Gasteiger partial charge in [-0.05, 0) is 120 Å². The molecule has 0 unspecified atom stereocenters. The third-order valence-corrected chi connectivity index (χ3v) is 26.9. The van der Waals surface area contributed by atoms with Crippen molar-refractivity contribution in [3.63, 3.8) is 0 Å². The normalized spacial score (nSPS) is 13.4. The zero-order chi connectivity index (χ0) is 70.7. The molecule has 0 N–H and O–H groups in total. The van der Waals surface area contributed by atoms with Crippen molar-refractivity contribution in [2.24, 2.45) is 0 Å². The molecule has 7 heterocycles. The second kappa shape index (κ2) is 27.8. The maximum Gasteiger partial charge on any atom is 0.494 e. The van der Waals surface area contributed by atoms with Gasteiger partial charge in [0.2, 0.25) is 0 Å². The highest BCUT2D eigenvalue weighted by molar-refractivity contribution is 9.10. The highest BCUT2D eigenvalue weighted by Crippen LogP contribution is 2.46. The fraction of sp³-hybridized carbons (Fsp3) is 0.0769. The first-order valence-electron chi connectivity index (χ1n) is 34.7. The molecule has 0 amide bonds. The zero-order valence-electron chi connectivity index (χ0n) is 57.5. The van der Waals surface area contributed by atoms with Gasteiger partial charge in [-0.2, -0.15) is 0 Å². The molecule has 0 radical (unpaired) electrons. The van der Waals surface area contributed by atoms with Gasteiger partial charge >= 0.3 is 7.12 Å². The standard InChI is InChI=1S/C42H28N3OP.C26H24BN3O2.C22H16BrOP.CH4/c46-47(34-11-3-1-4-12-34,35-13-5-2-6-14-35)36-25-24-32-27-31(22-23-33(32)28-36)29-18-20-30(21-19-29)40-37-15-7-8-16-38(37)41-42(44-40)45-26-10-9-17-39(45)43-41;1-25(2)26(3,4)32-27(31-25)18-14-12-17(13-15-18)22-19-9-5-6-10-20(19)23-24(29-22)30-16-8-7-11-21(30)28-23;23-19-13-11-18-16-22(14-12-17(18)15-19)25(24,20-7-3-1-4-8-20)21-9-5-2-6-10-21;/h1-28H;5-16H,1-4H3;1-16H;1H4. The molecular weight excluding hydrogens is 1390 g/mol. The Hall–Kier alpha value is -11.2. The van der Waals surface area contributed by atoms with Crippen LogP contribution in [0.1, 0.15) is 35.1 Å². The van der Waals surface area contributed by atoms with Crippen LogP contribution >= 0.6 is 30.2 Å². The van der Waals surface area contributed by atoms with Gasteiger partial charge in [0.15, 0.2) is 25.6 Å². The van der Waals surface area contributed by atoms with Crippen LogP contribution in [0.2, 0.25) is 0 Å². The molecule has 18 aromatic rings. The quantitative estimate of drug-likeness (QED) is 0.0983. The minimum Gasteiger partial charge on any atom is -0.399 e. The Morgan fingerprint density at radius 3 is 1.11 bits per heavy atom. The van der Waals surface area contributed by atoms with Crippen molar-refractivity contribution in [2.75, 3.05) is 0 Å². The van der Waals surface area contributed by atoms with E-state index in [9.17, 15) is 9.13 Å². The van der Waals surface area contributed by atoms with Gasteiger partial charge in [0.05, 0.1) is 22.6 Å². The minimum absolute atomic E-state index is 0. The van der Waals surface area contributed by atoms with E-state index in [0.717, 1.165) is 152 Å². The predicted molar refractivity (Wildman–Crippen MR) is 443 cm³/mol. The van der Waals surface area contributed by atoms with Crippen LogP contribution in [0.3, 0.4) is 0 Å². The van der Waals surface area contributed by atoms with Gasteiger partial charge in [-0.1, -0.05) is 296 Å². The SMILES string of the molecule is C.CC1(C)OB(c2ccc(-c3nc4c(nc5ccccn54)c4ccccc34)cc2)OC1(C)C.O=P(c1ccccc1)(c1ccccc1)c1ccc2cc(-c3ccc(-c4nc5c(nc6ccccn65)c5ccccc45)cc3)ccc2c1.O=P(c1ccccc1)(c1ccccc1)c1ccc2cc(Br)ccc2c1. The van der Waals surface area contributed by atoms with Crippen molar-refractivity contribution in [1.29, 1.82) is 0 Å². The van der Waals surface area contributed by atoms with Crippen molar-refractivity contribution >= 4 is 151 Å². The lowest BCUT2D eigenvalue weighted by Gasteiger charge is -2.32. The van der Waals surface area contributed by atoms with Crippen molar-refractivity contribution in [3.05, 3.63) is 344 Å². The maximum atomic E-state index is 14.9. The van der Waals surface area contributed by atoms with E-state index in [2.05, 4.69) is 188 Å². The van der Waals surface area contributed by atoms with Crippen LogP contribution in [0.4, 0.5) is 0 Å². The monoisotopic (exact) mass is 1460 g/mol. The first kappa shape index (κ1) is 68.2. The minimum atomic E-state index is -3.04. The van der Waals surface area contributed by atoms with E-state index in [1.165, 1.54) is 0 Å². The average molecular weight is 1470 g/mol. The van der Waals surface area contributed by atoms with Gasteiger partial charge in [-0.25, -0.2) is 19.9 Å². The van der Waals surface area contributed by atoms with Crippen LogP contribution in [0.15, 0.2) is 344 Å². The summed E-state index contributed by atoms with van der Waals surface area (Å²) in [7, 11) is -6.32. The van der Waals surface area contributed by atoms with E-state index >= 15 is 0 Å². The Bertz CT molecular complexity index is 6300. The summed E-state index contributed by atoms with van der Waals surface area (Å²) in [4.78, 5) is 20.0. The molecule has 1 aliphatic heterocycles. The first-order chi connectivity index (χ1) is 50.7. The highest BCUT2D eigenvalue weighted by Gasteiger charge is 2.51. The highest BCUT2D eigenvalue weighted by atomic mass is 79.9. The van der Waals surface area contributed by atoms with E-state index in [0.29, 0.717) is 0 Å². The van der Waals surface area contributed by atoms with Crippen molar-refractivity contribution < 1.29 is 18.4 Å². The predicted octanol–water partition coefficient (Wildman–Crippen LogP) is 20.0. The summed E-state index contributed by atoms with van der Waals surface area (Å²) in [6, 6.07) is 110. The van der Waals surface area contributed by atoms with Crippen molar-refractivity contribution in [3.8, 4) is 33.6 Å². The Morgan fingerprint density at radius 2 is 0.676 bits per heavy atom. The molecule has 0 atom stereocenters. The van der Waals surface area contributed by atoms with E-state index in [1.54, 1.807) is 0 Å². The third kappa shape index (κ3) is 12.5. The molecule has 10 nitrogen and oxygen atoms in total. The molecule has 14 heteroatoms. The second-order valence-electron chi connectivity index (χ2n) is 27.2. The third-order valence-electron chi connectivity index (χ3n) is 20.3. The van der Waals surface area contributed by atoms with Gasteiger partial charge < -0.3 is 18.4 Å². The number of nitrogens with zero attached hydrogens (tertiary/aromatic N) is 6. The molecule has 0 aliphatic carbocycles. The summed E-state index contributed by atoms with van der Waals surface area (Å²) in [5, 5.41) is 13.9. The lowest BCUT2D eigenvalue weighted by Crippen LogP contribution is -2.41. The number of pyridine rings is 4. The summed E-state index contributed by atoms with van der Waals surface area (Å²) in [6.07, 6.45) is 4.03. The zero-order valence-corrected chi connectivity index (χ0v) is 60.9. The molecule has 19 rings (SSSR count). The van der Waals surface area contributed by atoms with Gasteiger partial charge in [0, 0.05) is 81.4 Å². The van der Waals surface area contributed by atoms with E-state index in [4.69, 9.17) is 29.2 Å². The largest absolute Gasteiger partial charge is 0.494 e. The molecule has 1 aliphatic rings. The molecule has 6 aromatic heterocycles. The summed E-state index contributed by atoms with van der Waals surface area (Å²) in [6.45, 7) is 8.29. The number of hydrogen-bond donors (Lipinski definition) is 0. The molecule has 0 saturated carbocycles. The maximum absolute atomic E-state index is 14.9. The lowest BCUT2D eigenvalue weighted by molar-refractivity contribution is 0.00578. The molecule has 12 aromatic carbocycles. The van der Waals surface area contributed by atoms with Crippen LogP contribution < -0.4 is 37.3 Å². The van der Waals surface area contributed by atoms with Crippen LogP contribution in [-0.4, -0.2) is 47.1 Å². The van der Waals surface area contributed by atoms with Gasteiger partial charge in [-0.3, -0.25) is 8.80 Å². The van der Waals surface area contributed by atoms with Gasteiger partial charge in [0.25, 0.3) is 0 Å². The Balaban J connectivity index is 0.000000127. The van der Waals surface area contributed by atoms with E-state index in [-0.39, 0.29) is 25.7 Å². The molecule has 0 bridgehead atoms. The molecule has 510 valence electrons. The Kier molecular flexibility index (Phi) is 18.1. The van der Waals surface area contributed by atoms with Gasteiger partial charge in [-0.15, -0.1) is 0 Å². The first-order valence-corrected chi connectivity index (χ1v) is 38.9. The van der Waals surface area contributed by atoms with Crippen molar-refractivity contribution in [1.82, 2.24) is 28.7 Å². The number of rotatable bonds is 10. The Morgan fingerprint density at radius 1 is 0.333 bits per heavy atom. The summed E-state index contributed by atoms with van der Waals surface area (Å²) < 4.78 is 46.8.